The summed E-state index contributed by atoms with van der Waals surface area (Å²) in [5, 5.41) is 8.80. The summed E-state index contributed by atoms with van der Waals surface area (Å²) < 4.78 is 5.34. The van der Waals surface area contributed by atoms with Gasteiger partial charge in [-0.1, -0.05) is 32.0 Å². The Morgan fingerprint density at radius 3 is 2.45 bits per heavy atom. The zero-order valence-corrected chi connectivity index (χ0v) is 12.6. The van der Waals surface area contributed by atoms with E-state index in [1.807, 2.05) is 18.2 Å². The van der Waals surface area contributed by atoms with Crippen molar-refractivity contribution in [2.24, 2.45) is 5.92 Å². The molecule has 0 spiro atoms. The minimum Gasteiger partial charge on any atom is -0.481 e. The maximum Gasteiger partial charge on any atom is 0.303 e. The summed E-state index contributed by atoms with van der Waals surface area (Å²) >= 11 is 0. The van der Waals surface area contributed by atoms with E-state index in [4.69, 9.17) is 9.84 Å². The van der Waals surface area contributed by atoms with E-state index in [2.05, 4.69) is 30.9 Å². The van der Waals surface area contributed by atoms with Gasteiger partial charge in [0.15, 0.2) is 0 Å². The standard InChI is InChI=1S/C16H25NO3/c1-13(2)15(12-20-3)17(11-7-10-16(18)19)14-8-5-4-6-9-14/h4-6,8-9,13,15H,7,10-12H2,1-3H3,(H,18,19). The number of nitrogens with zero attached hydrogens (tertiary/aromatic N) is 1. The molecule has 0 heterocycles. The number of carboxylic acid groups (broad SMARTS) is 1. The number of methoxy groups -OCH3 is 1. The molecule has 0 aliphatic heterocycles. The maximum absolute atomic E-state index is 10.7. The molecule has 20 heavy (non-hydrogen) atoms. The number of benzene rings is 1. The Balaban J connectivity index is 2.84. The molecule has 1 aromatic carbocycles. The zero-order valence-electron chi connectivity index (χ0n) is 12.6. The number of carboxylic acids is 1. The molecular formula is C16H25NO3. The SMILES string of the molecule is COCC(C(C)C)N(CCCC(=O)O)c1ccccc1. The average molecular weight is 279 g/mol. The van der Waals surface area contributed by atoms with Crippen LogP contribution in [0.15, 0.2) is 30.3 Å². The molecule has 1 rings (SSSR count). The third-order valence-corrected chi connectivity index (χ3v) is 3.38. The fourth-order valence-electron chi connectivity index (χ4n) is 2.32. The Bertz CT molecular complexity index is 392. The van der Waals surface area contributed by atoms with E-state index < -0.39 is 5.97 Å². The molecule has 1 atom stereocenters. The van der Waals surface area contributed by atoms with E-state index in [1.54, 1.807) is 7.11 Å². The van der Waals surface area contributed by atoms with Gasteiger partial charge in [0.05, 0.1) is 12.6 Å². The number of para-hydroxylation sites is 1. The van der Waals surface area contributed by atoms with Crippen LogP contribution in [0.1, 0.15) is 26.7 Å². The van der Waals surface area contributed by atoms with Gasteiger partial charge in [-0.15, -0.1) is 0 Å². The van der Waals surface area contributed by atoms with Crippen LogP contribution >= 0.6 is 0 Å². The first kappa shape index (κ1) is 16.5. The molecule has 0 radical (unpaired) electrons. The van der Waals surface area contributed by atoms with Gasteiger partial charge in [0.25, 0.3) is 0 Å². The molecule has 0 bridgehead atoms. The van der Waals surface area contributed by atoms with Crippen LogP contribution in [0.25, 0.3) is 0 Å². The van der Waals surface area contributed by atoms with Gasteiger partial charge in [-0.25, -0.2) is 0 Å². The molecule has 0 fully saturated rings. The lowest BCUT2D eigenvalue weighted by atomic mass is 10.0. The molecule has 4 nitrogen and oxygen atoms in total. The highest BCUT2D eigenvalue weighted by Gasteiger charge is 2.22. The molecule has 0 saturated heterocycles. The first-order chi connectivity index (χ1) is 9.56. The molecule has 0 amide bonds. The number of ether oxygens (including phenoxy) is 1. The third kappa shape index (κ3) is 5.21. The van der Waals surface area contributed by atoms with Gasteiger partial charge in [-0.2, -0.15) is 0 Å². The summed E-state index contributed by atoms with van der Waals surface area (Å²) in [7, 11) is 1.70. The van der Waals surface area contributed by atoms with Crippen molar-refractivity contribution in [3.05, 3.63) is 30.3 Å². The van der Waals surface area contributed by atoms with Crippen molar-refractivity contribution < 1.29 is 14.6 Å². The van der Waals surface area contributed by atoms with Crippen LogP contribution in [0.5, 0.6) is 0 Å². The quantitative estimate of drug-likeness (QED) is 0.755. The maximum atomic E-state index is 10.7. The Morgan fingerprint density at radius 2 is 1.95 bits per heavy atom. The summed E-state index contributed by atoms with van der Waals surface area (Å²) in [5.41, 5.74) is 1.12. The highest BCUT2D eigenvalue weighted by Crippen LogP contribution is 2.22. The van der Waals surface area contributed by atoms with Crippen molar-refractivity contribution >= 4 is 11.7 Å². The third-order valence-electron chi connectivity index (χ3n) is 3.38. The summed E-state index contributed by atoms with van der Waals surface area (Å²) in [6, 6.07) is 10.4. The predicted octanol–water partition coefficient (Wildman–Crippen LogP) is 3.03. The normalized spacial score (nSPS) is 12.4. The van der Waals surface area contributed by atoms with E-state index in [-0.39, 0.29) is 12.5 Å². The topological polar surface area (TPSA) is 49.8 Å². The lowest BCUT2D eigenvalue weighted by Crippen LogP contribution is -2.43. The van der Waals surface area contributed by atoms with Gasteiger partial charge in [-0.3, -0.25) is 4.79 Å². The predicted molar refractivity (Wildman–Crippen MR) is 81.2 cm³/mol. The molecular weight excluding hydrogens is 254 g/mol. The number of anilines is 1. The fourth-order valence-corrected chi connectivity index (χ4v) is 2.32. The van der Waals surface area contributed by atoms with E-state index in [9.17, 15) is 4.79 Å². The second-order valence-corrected chi connectivity index (χ2v) is 5.29. The number of carbonyl (C=O) groups is 1. The largest absolute Gasteiger partial charge is 0.481 e. The van der Waals surface area contributed by atoms with Gasteiger partial charge in [0.2, 0.25) is 0 Å². The molecule has 1 unspecified atom stereocenters. The summed E-state index contributed by atoms with van der Waals surface area (Å²) in [5.74, 6) is -0.314. The first-order valence-corrected chi connectivity index (χ1v) is 7.08. The lowest BCUT2D eigenvalue weighted by Gasteiger charge is -2.36. The first-order valence-electron chi connectivity index (χ1n) is 7.08. The van der Waals surface area contributed by atoms with Gasteiger partial charge in [-0.05, 0) is 24.5 Å². The number of hydrogen-bond donors (Lipinski definition) is 1. The molecule has 0 aromatic heterocycles. The van der Waals surface area contributed by atoms with Crippen molar-refractivity contribution in [2.45, 2.75) is 32.7 Å². The highest BCUT2D eigenvalue weighted by atomic mass is 16.5. The van der Waals surface area contributed by atoms with Crippen LogP contribution in [0.4, 0.5) is 5.69 Å². The van der Waals surface area contributed by atoms with E-state index >= 15 is 0 Å². The Labute approximate surface area is 121 Å². The molecule has 0 saturated carbocycles. The van der Waals surface area contributed by atoms with Crippen LogP contribution in [0.3, 0.4) is 0 Å². The van der Waals surface area contributed by atoms with Crippen LogP contribution in [-0.4, -0.2) is 37.4 Å². The zero-order chi connectivity index (χ0) is 15.0. The minimum atomic E-state index is -0.745. The molecule has 0 aliphatic carbocycles. The van der Waals surface area contributed by atoms with Crippen LogP contribution in [0.2, 0.25) is 0 Å². The summed E-state index contributed by atoms with van der Waals surface area (Å²) in [6.07, 6.45) is 0.832. The molecule has 112 valence electrons. The second-order valence-electron chi connectivity index (χ2n) is 5.29. The molecule has 1 N–H and O–H groups in total. The van der Waals surface area contributed by atoms with Gasteiger partial charge in [0, 0.05) is 25.8 Å². The Kier molecular flexibility index (Phi) is 7.09. The monoisotopic (exact) mass is 279 g/mol. The summed E-state index contributed by atoms with van der Waals surface area (Å²) in [4.78, 5) is 13.0. The lowest BCUT2D eigenvalue weighted by molar-refractivity contribution is -0.137. The molecule has 4 heteroatoms. The van der Waals surface area contributed by atoms with Crippen molar-refractivity contribution in [1.82, 2.24) is 0 Å². The number of aliphatic carboxylic acids is 1. The molecule has 0 aliphatic rings. The average Bonchev–Trinajstić information content (AvgIpc) is 2.42. The second kappa shape index (κ2) is 8.59. The molecule has 1 aromatic rings. The van der Waals surface area contributed by atoms with E-state index in [1.165, 1.54) is 0 Å². The Morgan fingerprint density at radius 1 is 1.30 bits per heavy atom. The van der Waals surface area contributed by atoms with Crippen LogP contribution < -0.4 is 4.90 Å². The minimum absolute atomic E-state index is 0.196. The van der Waals surface area contributed by atoms with Crippen molar-refractivity contribution in [1.29, 1.82) is 0 Å². The van der Waals surface area contributed by atoms with Gasteiger partial charge in [0.1, 0.15) is 0 Å². The number of hydrogen-bond acceptors (Lipinski definition) is 3. The number of rotatable bonds is 9. The Hall–Kier alpha value is -1.55. The highest BCUT2D eigenvalue weighted by molar-refractivity contribution is 5.66. The van der Waals surface area contributed by atoms with Crippen LogP contribution in [-0.2, 0) is 9.53 Å². The van der Waals surface area contributed by atoms with Crippen molar-refractivity contribution in [3.8, 4) is 0 Å². The van der Waals surface area contributed by atoms with E-state index in [0.717, 1.165) is 12.2 Å². The summed E-state index contributed by atoms with van der Waals surface area (Å²) in [6.45, 7) is 5.69. The van der Waals surface area contributed by atoms with Crippen LogP contribution in [0, 0.1) is 5.92 Å². The fraction of sp³-hybridized carbons (Fsp3) is 0.562. The van der Waals surface area contributed by atoms with Crippen molar-refractivity contribution in [3.63, 3.8) is 0 Å². The van der Waals surface area contributed by atoms with E-state index in [0.29, 0.717) is 18.9 Å². The van der Waals surface area contributed by atoms with Gasteiger partial charge >= 0.3 is 5.97 Å². The van der Waals surface area contributed by atoms with Crippen molar-refractivity contribution in [2.75, 3.05) is 25.2 Å². The smallest absolute Gasteiger partial charge is 0.303 e. The van der Waals surface area contributed by atoms with Gasteiger partial charge < -0.3 is 14.7 Å².